The quantitative estimate of drug-likeness (QED) is 0.475. The summed E-state index contributed by atoms with van der Waals surface area (Å²) in [5.74, 6) is 1.09. The predicted octanol–water partition coefficient (Wildman–Crippen LogP) is 4.79. The van der Waals surface area contributed by atoms with Crippen LogP contribution in [0.3, 0.4) is 0 Å². The van der Waals surface area contributed by atoms with Crippen LogP contribution >= 0.6 is 11.6 Å². The minimum Gasteiger partial charge on any atom is -0.317 e. The molecule has 0 radical (unpaired) electrons. The Labute approximate surface area is 197 Å². The molecule has 0 amide bonds. The Morgan fingerprint density at radius 2 is 1.88 bits per heavy atom. The first-order chi connectivity index (χ1) is 16.0. The van der Waals surface area contributed by atoms with Crippen molar-refractivity contribution in [3.05, 3.63) is 75.6 Å². The van der Waals surface area contributed by atoms with E-state index >= 15 is 0 Å². The van der Waals surface area contributed by atoms with Crippen molar-refractivity contribution in [2.45, 2.75) is 33.2 Å². The predicted molar refractivity (Wildman–Crippen MR) is 133 cm³/mol. The SMILES string of the molecule is Cc1cccc(-c2ccc(-c3cc4cnc(C)nc4n(CC4CCNCC4)c3=O)c(Cl)c2)n1. The number of hydrogen-bond donors (Lipinski definition) is 1. The summed E-state index contributed by atoms with van der Waals surface area (Å²) in [6.45, 7) is 6.41. The van der Waals surface area contributed by atoms with Gasteiger partial charge in [-0.2, -0.15) is 0 Å². The lowest BCUT2D eigenvalue weighted by molar-refractivity contribution is 0.333. The van der Waals surface area contributed by atoms with Gasteiger partial charge in [0.05, 0.1) is 5.69 Å². The third-order valence-corrected chi connectivity index (χ3v) is 6.60. The normalized spacial score (nSPS) is 14.6. The number of halogens is 1. The van der Waals surface area contributed by atoms with Crippen LogP contribution in [0, 0.1) is 19.8 Å². The maximum Gasteiger partial charge on any atom is 0.260 e. The van der Waals surface area contributed by atoms with Gasteiger partial charge in [-0.3, -0.25) is 14.3 Å². The standard InChI is InChI=1S/C26H26ClN5O/c1-16-4-3-5-24(30-16)19-6-7-21(23(27)13-19)22-12-20-14-29-17(2)31-25(20)32(26(22)33)15-18-8-10-28-11-9-18/h3-7,12-14,18,28H,8-11,15H2,1-2H3. The Morgan fingerprint density at radius 1 is 1.06 bits per heavy atom. The van der Waals surface area contributed by atoms with E-state index in [0.717, 1.165) is 48.3 Å². The van der Waals surface area contributed by atoms with Crippen LogP contribution in [0.2, 0.25) is 5.02 Å². The number of hydrogen-bond acceptors (Lipinski definition) is 5. The Balaban J connectivity index is 1.63. The highest BCUT2D eigenvalue weighted by molar-refractivity contribution is 6.33. The maximum absolute atomic E-state index is 13.7. The molecule has 6 nitrogen and oxygen atoms in total. The number of aromatic nitrogens is 4. The molecule has 33 heavy (non-hydrogen) atoms. The molecule has 0 spiro atoms. The number of rotatable bonds is 4. The topological polar surface area (TPSA) is 72.7 Å². The summed E-state index contributed by atoms with van der Waals surface area (Å²) >= 11 is 6.73. The first kappa shape index (κ1) is 21.7. The number of aryl methyl sites for hydroxylation is 2. The molecule has 5 rings (SSSR count). The molecule has 0 unspecified atom stereocenters. The summed E-state index contributed by atoms with van der Waals surface area (Å²) in [6, 6.07) is 13.5. The fourth-order valence-corrected chi connectivity index (χ4v) is 4.81. The minimum atomic E-state index is -0.0672. The van der Waals surface area contributed by atoms with Gasteiger partial charge in [-0.25, -0.2) is 9.97 Å². The van der Waals surface area contributed by atoms with Gasteiger partial charge in [-0.1, -0.05) is 29.8 Å². The third kappa shape index (κ3) is 4.41. The highest BCUT2D eigenvalue weighted by Gasteiger charge is 2.20. The Kier molecular flexibility index (Phi) is 5.96. The molecule has 1 fully saturated rings. The van der Waals surface area contributed by atoms with Crippen molar-refractivity contribution in [2.75, 3.05) is 13.1 Å². The molecule has 3 aromatic heterocycles. The molecule has 0 saturated carbocycles. The second kappa shape index (κ2) is 9.04. The van der Waals surface area contributed by atoms with E-state index in [1.54, 1.807) is 6.20 Å². The van der Waals surface area contributed by atoms with Crippen LogP contribution in [0.15, 0.2) is 53.5 Å². The zero-order valence-corrected chi connectivity index (χ0v) is 19.6. The highest BCUT2D eigenvalue weighted by Crippen LogP contribution is 2.32. The maximum atomic E-state index is 13.7. The van der Waals surface area contributed by atoms with E-state index in [-0.39, 0.29) is 5.56 Å². The molecule has 4 aromatic rings. The number of benzene rings is 1. The molecule has 0 atom stereocenters. The highest BCUT2D eigenvalue weighted by atomic mass is 35.5. The molecule has 7 heteroatoms. The molecule has 1 saturated heterocycles. The summed E-state index contributed by atoms with van der Waals surface area (Å²) in [4.78, 5) is 27.3. The van der Waals surface area contributed by atoms with E-state index in [1.165, 1.54) is 0 Å². The van der Waals surface area contributed by atoms with Crippen LogP contribution in [-0.2, 0) is 6.54 Å². The molecule has 0 aliphatic carbocycles. The van der Waals surface area contributed by atoms with E-state index in [0.29, 0.717) is 40.1 Å². The first-order valence-corrected chi connectivity index (χ1v) is 11.7. The average molecular weight is 460 g/mol. The van der Waals surface area contributed by atoms with Gasteiger partial charge in [-0.15, -0.1) is 0 Å². The second-order valence-corrected chi connectivity index (χ2v) is 9.13. The Hall–Kier alpha value is -3.09. The Bertz CT molecular complexity index is 1390. The number of piperidine rings is 1. The van der Waals surface area contributed by atoms with Gasteiger partial charge in [0.2, 0.25) is 0 Å². The van der Waals surface area contributed by atoms with Gasteiger partial charge >= 0.3 is 0 Å². The number of pyridine rings is 2. The molecule has 1 aliphatic heterocycles. The fourth-order valence-electron chi connectivity index (χ4n) is 4.53. The second-order valence-electron chi connectivity index (χ2n) is 8.72. The average Bonchev–Trinajstić information content (AvgIpc) is 2.82. The van der Waals surface area contributed by atoms with Crippen molar-refractivity contribution in [3.8, 4) is 22.4 Å². The lowest BCUT2D eigenvalue weighted by Gasteiger charge is -2.24. The smallest absolute Gasteiger partial charge is 0.260 e. The molecule has 1 aliphatic rings. The van der Waals surface area contributed by atoms with E-state index in [1.807, 2.05) is 60.9 Å². The van der Waals surface area contributed by atoms with Gasteiger partial charge in [0.15, 0.2) is 0 Å². The van der Waals surface area contributed by atoms with E-state index in [9.17, 15) is 4.79 Å². The van der Waals surface area contributed by atoms with Crippen molar-refractivity contribution >= 4 is 22.6 Å². The van der Waals surface area contributed by atoms with Gasteiger partial charge in [0.1, 0.15) is 11.5 Å². The van der Waals surface area contributed by atoms with Crippen molar-refractivity contribution in [2.24, 2.45) is 5.92 Å². The lowest BCUT2D eigenvalue weighted by atomic mass is 9.97. The van der Waals surface area contributed by atoms with Crippen LogP contribution in [0.25, 0.3) is 33.4 Å². The molecule has 4 heterocycles. The molecular weight excluding hydrogens is 434 g/mol. The van der Waals surface area contributed by atoms with Gasteiger partial charge in [0, 0.05) is 45.5 Å². The van der Waals surface area contributed by atoms with Crippen LogP contribution in [0.4, 0.5) is 0 Å². The Morgan fingerprint density at radius 3 is 2.64 bits per heavy atom. The number of fused-ring (bicyclic) bond motifs is 1. The third-order valence-electron chi connectivity index (χ3n) is 6.29. The summed E-state index contributed by atoms with van der Waals surface area (Å²) in [5.41, 5.74) is 4.61. The van der Waals surface area contributed by atoms with E-state index in [4.69, 9.17) is 11.6 Å². The van der Waals surface area contributed by atoms with Gasteiger partial charge in [0.25, 0.3) is 5.56 Å². The molecule has 168 valence electrons. The monoisotopic (exact) mass is 459 g/mol. The zero-order chi connectivity index (χ0) is 22.9. The van der Waals surface area contributed by atoms with Crippen molar-refractivity contribution < 1.29 is 0 Å². The first-order valence-electron chi connectivity index (χ1n) is 11.3. The number of nitrogens with zero attached hydrogens (tertiary/aromatic N) is 4. The summed E-state index contributed by atoms with van der Waals surface area (Å²) in [7, 11) is 0. The molecule has 1 aromatic carbocycles. The summed E-state index contributed by atoms with van der Waals surface area (Å²) in [6.07, 6.45) is 3.88. The lowest BCUT2D eigenvalue weighted by Crippen LogP contribution is -2.33. The summed E-state index contributed by atoms with van der Waals surface area (Å²) in [5, 5.41) is 4.75. The van der Waals surface area contributed by atoms with Gasteiger partial charge < -0.3 is 5.32 Å². The molecule has 1 N–H and O–H groups in total. The van der Waals surface area contributed by atoms with Crippen LogP contribution in [0.5, 0.6) is 0 Å². The van der Waals surface area contributed by atoms with Crippen molar-refractivity contribution in [3.63, 3.8) is 0 Å². The van der Waals surface area contributed by atoms with E-state index in [2.05, 4.69) is 20.3 Å². The number of nitrogens with one attached hydrogen (secondary N) is 1. The van der Waals surface area contributed by atoms with Crippen LogP contribution in [-0.4, -0.2) is 32.6 Å². The zero-order valence-electron chi connectivity index (χ0n) is 18.8. The summed E-state index contributed by atoms with van der Waals surface area (Å²) < 4.78 is 1.82. The van der Waals surface area contributed by atoms with Gasteiger partial charge in [-0.05, 0) is 70.0 Å². The molecular formula is C26H26ClN5O. The van der Waals surface area contributed by atoms with Crippen molar-refractivity contribution in [1.29, 1.82) is 0 Å². The van der Waals surface area contributed by atoms with Crippen molar-refractivity contribution in [1.82, 2.24) is 24.8 Å². The fraction of sp³-hybridized carbons (Fsp3) is 0.308. The van der Waals surface area contributed by atoms with Crippen LogP contribution in [0.1, 0.15) is 24.4 Å². The van der Waals surface area contributed by atoms with E-state index < -0.39 is 0 Å². The minimum absolute atomic E-state index is 0.0672. The largest absolute Gasteiger partial charge is 0.317 e. The molecule has 0 bridgehead atoms. The van der Waals surface area contributed by atoms with Crippen LogP contribution < -0.4 is 10.9 Å².